The lowest BCUT2D eigenvalue weighted by atomic mass is 9.76. The Morgan fingerprint density at radius 3 is 2.71 bits per heavy atom. The molecule has 0 unspecified atom stereocenters. The van der Waals surface area contributed by atoms with E-state index in [1.54, 1.807) is 19.2 Å². The number of nitrogens with zero attached hydrogens (tertiary/aromatic N) is 1. The van der Waals surface area contributed by atoms with Gasteiger partial charge in [0.05, 0.1) is 22.5 Å². The third kappa shape index (κ3) is 4.05. The number of nitro groups is 1. The van der Waals surface area contributed by atoms with Crippen LogP contribution in [0.4, 0.5) is 11.4 Å². The van der Waals surface area contributed by atoms with Gasteiger partial charge in [-0.3, -0.25) is 10.1 Å². The maximum absolute atomic E-state index is 11.4. The number of anilines is 1. The second-order valence-corrected chi connectivity index (χ2v) is 9.62. The minimum absolute atomic E-state index is 0.0287. The van der Waals surface area contributed by atoms with Gasteiger partial charge in [0.15, 0.2) is 11.5 Å². The monoisotopic (exact) mass is 520 g/mol. The van der Waals surface area contributed by atoms with E-state index in [0.29, 0.717) is 18.1 Å². The molecular weight excluding hydrogens is 496 g/mol. The molecule has 0 fully saturated rings. The second kappa shape index (κ2) is 9.14. The Morgan fingerprint density at radius 1 is 1.18 bits per heavy atom. The van der Waals surface area contributed by atoms with E-state index in [0.717, 1.165) is 38.8 Å². The fourth-order valence-electron chi connectivity index (χ4n) is 5.09. The molecule has 1 aliphatic heterocycles. The molecular formula is C27H25BrN2O4. The topological polar surface area (TPSA) is 73.6 Å². The quantitative estimate of drug-likeness (QED) is 0.213. The first-order chi connectivity index (χ1) is 16.5. The largest absolute Gasteiger partial charge is 0.493 e. The van der Waals surface area contributed by atoms with Crippen LogP contribution < -0.4 is 14.8 Å². The van der Waals surface area contributed by atoms with Crippen molar-refractivity contribution in [3.63, 3.8) is 0 Å². The molecule has 0 radical (unpaired) electrons. The van der Waals surface area contributed by atoms with Crippen molar-refractivity contribution in [1.29, 1.82) is 0 Å². The Labute approximate surface area is 206 Å². The first-order valence-corrected chi connectivity index (χ1v) is 12.0. The van der Waals surface area contributed by atoms with Crippen LogP contribution in [0.3, 0.4) is 0 Å². The lowest BCUT2D eigenvalue weighted by Crippen LogP contribution is -2.29. The predicted molar refractivity (Wildman–Crippen MR) is 136 cm³/mol. The van der Waals surface area contributed by atoms with Gasteiger partial charge in [0.1, 0.15) is 6.61 Å². The van der Waals surface area contributed by atoms with E-state index < -0.39 is 0 Å². The summed E-state index contributed by atoms with van der Waals surface area (Å²) in [6.45, 7) is 2.36. The van der Waals surface area contributed by atoms with E-state index in [-0.39, 0.29) is 28.5 Å². The van der Waals surface area contributed by atoms with Crippen molar-refractivity contribution < 1.29 is 14.4 Å². The van der Waals surface area contributed by atoms with Crippen molar-refractivity contribution in [3.8, 4) is 11.5 Å². The number of non-ortho nitro benzene ring substituents is 1. The molecule has 7 heteroatoms. The summed E-state index contributed by atoms with van der Waals surface area (Å²) in [5, 5.41) is 15.1. The highest BCUT2D eigenvalue weighted by atomic mass is 79.9. The van der Waals surface area contributed by atoms with E-state index in [1.165, 1.54) is 0 Å². The van der Waals surface area contributed by atoms with Crippen LogP contribution in [0.2, 0.25) is 0 Å². The normalized spacial score (nSPS) is 20.3. The van der Waals surface area contributed by atoms with Crippen LogP contribution in [0.15, 0.2) is 71.2 Å². The standard InChI is InChI=1S/C27H25BrN2O4/c1-16-11-19(30(31)32)14-22-20-9-6-10-21(20)26(29-25(16)22)18-12-23(28)27(24(13-18)33-2)34-15-17-7-4-3-5-8-17/h3-9,11-14,20-21,26,29H,10,15H2,1-2H3/t20-,21+,26+/m1/s1. The molecule has 0 saturated carbocycles. The molecule has 0 bridgehead atoms. The Hall–Kier alpha value is -3.32. The van der Waals surface area contributed by atoms with Crippen LogP contribution >= 0.6 is 15.9 Å². The number of nitro benzene ring substituents is 1. The summed E-state index contributed by atoms with van der Waals surface area (Å²) in [6, 6.07) is 17.5. The molecule has 0 saturated heterocycles. The molecule has 3 atom stereocenters. The summed E-state index contributed by atoms with van der Waals surface area (Å²) >= 11 is 3.70. The van der Waals surface area contributed by atoms with Crippen molar-refractivity contribution in [2.75, 3.05) is 12.4 Å². The first kappa shape index (κ1) is 22.5. The number of fused-ring (bicyclic) bond motifs is 3. The van der Waals surface area contributed by atoms with E-state index in [4.69, 9.17) is 9.47 Å². The predicted octanol–water partition coefficient (Wildman–Crippen LogP) is 7.08. The molecule has 34 heavy (non-hydrogen) atoms. The lowest BCUT2D eigenvalue weighted by Gasteiger charge is -2.38. The highest BCUT2D eigenvalue weighted by Gasteiger charge is 2.40. The van der Waals surface area contributed by atoms with Gasteiger partial charge in [-0.2, -0.15) is 0 Å². The van der Waals surface area contributed by atoms with Gasteiger partial charge in [-0.15, -0.1) is 0 Å². The second-order valence-electron chi connectivity index (χ2n) is 8.77. The van der Waals surface area contributed by atoms with Crippen LogP contribution in [0.1, 0.15) is 40.6 Å². The number of ether oxygens (including phenoxy) is 2. The molecule has 1 N–H and O–H groups in total. The number of hydrogen-bond acceptors (Lipinski definition) is 5. The Balaban J connectivity index is 1.49. The summed E-state index contributed by atoms with van der Waals surface area (Å²) in [5.74, 6) is 1.70. The summed E-state index contributed by atoms with van der Waals surface area (Å²) in [5.41, 5.74) is 5.15. The molecule has 3 aromatic carbocycles. The van der Waals surface area contributed by atoms with E-state index >= 15 is 0 Å². The van der Waals surface area contributed by atoms with E-state index in [9.17, 15) is 10.1 Å². The van der Waals surface area contributed by atoms with Crippen molar-refractivity contribution >= 4 is 27.3 Å². The number of nitrogens with one attached hydrogen (secondary N) is 1. The zero-order valence-corrected chi connectivity index (χ0v) is 20.5. The smallest absolute Gasteiger partial charge is 0.270 e. The van der Waals surface area contributed by atoms with Gasteiger partial charge >= 0.3 is 0 Å². The van der Waals surface area contributed by atoms with Crippen molar-refractivity contribution in [2.24, 2.45) is 5.92 Å². The highest BCUT2D eigenvalue weighted by molar-refractivity contribution is 9.10. The molecule has 3 aromatic rings. The zero-order valence-electron chi connectivity index (χ0n) is 19.0. The van der Waals surface area contributed by atoms with Crippen LogP contribution in [0, 0.1) is 23.0 Å². The number of methoxy groups -OCH3 is 1. The number of halogens is 1. The maximum Gasteiger partial charge on any atom is 0.270 e. The van der Waals surface area contributed by atoms with Crippen LogP contribution in [-0.2, 0) is 6.61 Å². The fourth-order valence-corrected chi connectivity index (χ4v) is 5.67. The molecule has 0 amide bonds. The molecule has 6 nitrogen and oxygen atoms in total. The molecule has 5 rings (SSSR count). The molecule has 2 aliphatic rings. The van der Waals surface area contributed by atoms with Crippen molar-refractivity contribution in [3.05, 3.63) is 104 Å². The number of benzene rings is 3. The van der Waals surface area contributed by atoms with Gasteiger partial charge in [-0.1, -0.05) is 42.5 Å². The number of aryl methyl sites for hydroxylation is 1. The average Bonchev–Trinajstić information content (AvgIpc) is 3.33. The number of rotatable bonds is 6. The van der Waals surface area contributed by atoms with E-state index in [2.05, 4.69) is 39.5 Å². The lowest BCUT2D eigenvalue weighted by molar-refractivity contribution is -0.385. The third-order valence-corrected chi connectivity index (χ3v) is 7.29. The minimum atomic E-state index is -0.316. The Morgan fingerprint density at radius 2 is 1.97 bits per heavy atom. The number of hydrogen-bond donors (Lipinski definition) is 1. The van der Waals surface area contributed by atoms with Gasteiger partial charge in [-0.25, -0.2) is 0 Å². The van der Waals surface area contributed by atoms with Gasteiger partial charge in [-0.05, 0) is 69.6 Å². The Kier molecular flexibility index (Phi) is 6.04. The SMILES string of the molecule is COc1cc([C@@H]2Nc3c(C)cc([N+](=O)[O-])cc3[C@@H]3C=CC[C@@H]32)cc(Br)c1OCc1ccccc1. The summed E-state index contributed by atoms with van der Waals surface area (Å²) in [7, 11) is 1.65. The van der Waals surface area contributed by atoms with Crippen LogP contribution in [0.5, 0.6) is 11.5 Å². The van der Waals surface area contributed by atoms with Crippen LogP contribution in [0.25, 0.3) is 0 Å². The van der Waals surface area contributed by atoms with Crippen molar-refractivity contribution in [1.82, 2.24) is 0 Å². The van der Waals surface area contributed by atoms with Gasteiger partial charge in [0.2, 0.25) is 0 Å². The van der Waals surface area contributed by atoms with E-state index in [1.807, 2.05) is 43.3 Å². The first-order valence-electron chi connectivity index (χ1n) is 11.2. The molecule has 174 valence electrons. The number of allylic oxidation sites excluding steroid dienone is 2. The zero-order chi connectivity index (χ0) is 23.8. The van der Waals surface area contributed by atoms with Gasteiger partial charge in [0.25, 0.3) is 5.69 Å². The molecule has 1 heterocycles. The molecule has 0 spiro atoms. The highest BCUT2D eigenvalue weighted by Crippen LogP contribution is 2.52. The summed E-state index contributed by atoms with van der Waals surface area (Å²) < 4.78 is 12.7. The van der Waals surface area contributed by atoms with Crippen LogP contribution in [-0.4, -0.2) is 12.0 Å². The Bertz CT molecular complexity index is 1280. The van der Waals surface area contributed by atoms with Gasteiger partial charge < -0.3 is 14.8 Å². The molecule has 0 aromatic heterocycles. The van der Waals surface area contributed by atoms with Crippen molar-refractivity contribution in [2.45, 2.75) is 31.9 Å². The third-order valence-electron chi connectivity index (χ3n) is 6.70. The van der Waals surface area contributed by atoms with Gasteiger partial charge in [0, 0.05) is 23.7 Å². The summed E-state index contributed by atoms with van der Waals surface area (Å²) in [6.07, 6.45) is 5.26. The minimum Gasteiger partial charge on any atom is -0.493 e. The average molecular weight is 521 g/mol. The maximum atomic E-state index is 11.4. The fraction of sp³-hybridized carbons (Fsp3) is 0.259. The molecule has 1 aliphatic carbocycles. The summed E-state index contributed by atoms with van der Waals surface area (Å²) in [4.78, 5) is 11.1.